The van der Waals surface area contributed by atoms with Crippen LogP contribution in [0.3, 0.4) is 0 Å². The van der Waals surface area contributed by atoms with Crippen molar-refractivity contribution >= 4 is 5.96 Å². The van der Waals surface area contributed by atoms with E-state index in [1.165, 1.54) is 0 Å². The second kappa shape index (κ2) is 7.65. The van der Waals surface area contributed by atoms with Crippen LogP contribution in [0.1, 0.15) is 31.5 Å². The molecule has 0 saturated carbocycles. The van der Waals surface area contributed by atoms with Gasteiger partial charge in [-0.3, -0.25) is 4.99 Å². The summed E-state index contributed by atoms with van der Waals surface area (Å²) in [7, 11) is 0. The lowest BCUT2D eigenvalue weighted by atomic mass is 9.98. The molecule has 130 valence electrons. The Morgan fingerprint density at radius 1 is 1.48 bits per heavy atom. The van der Waals surface area contributed by atoms with Gasteiger partial charge in [-0.25, -0.2) is 0 Å². The fraction of sp³-hybridized carbons (Fsp3) is 0.786. The Labute approximate surface area is 133 Å². The first kappa shape index (κ1) is 17.6. The molecule has 1 aliphatic heterocycles. The van der Waals surface area contributed by atoms with Gasteiger partial charge in [-0.15, -0.1) is 0 Å². The molecule has 1 atom stereocenters. The van der Waals surface area contributed by atoms with E-state index in [1.54, 1.807) is 11.8 Å². The van der Waals surface area contributed by atoms with Crippen LogP contribution in [0.25, 0.3) is 0 Å². The van der Waals surface area contributed by atoms with Crippen molar-refractivity contribution in [1.29, 1.82) is 0 Å². The molecular weight excluding hydrogens is 311 g/mol. The zero-order valence-corrected chi connectivity index (χ0v) is 13.4. The third kappa shape index (κ3) is 5.11. The van der Waals surface area contributed by atoms with Gasteiger partial charge in [-0.05, 0) is 26.7 Å². The van der Waals surface area contributed by atoms with Crippen molar-refractivity contribution in [2.75, 3.05) is 26.2 Å². The molecule has 1 fully saturated rings. The maximum Gasteiger partial charge on any atom is 0.393 e. The summed E-state index contributed by atoms with van der Waals surface area (Å²) in [4.78, 5) is 10.2. The number of halogens is 3. The topological polar surface area (TPSA) is 66.5 Å². The molecule has 0 unspecified atom stereocenters. The van der Waals surface area contributed by atoms with Crippen molar-refractivity contribution in [3.05, 3.63) is 11.7 Å². The zero-order chi connectivity index (χ0) is 16.9. The molecule has 0 spiro atoms. The van der Waals surface area contributed by atoms with E-state index < -0.39 is 12.1 Å². The summed E-state index contributed by atoms with van der Waals surface area (Å²) in [5, 5.41) is 6.75. The van der Waals surface area contributed by atoms with Crippen LogP contribution in [0, 0.1) is 12.8 Å². The molecule has 1 aliphatic rings. The molecule has 6 nitrogen and oxygen atoms in total. The molecule has 0 radical (unpaired) electrons. The first-order chi connectivity index (χ1) is 10.9. The van der Waals surface area contributed by atoms with Gasteiger partial charge in [0.2, 0.25) is 5.89 Å². The normalized spacial score (nSPS) is 20.0. The van der Waals surface area contributed by atoms with Crippen molar-refractivity contribution in [2.24, 2.45) is 10.9 Å². The van der Waals surface area contributed by atoms with Crippen LogP contribution in [0.5, 0.6) is 0 Å². The van der Waals surface area contributed by atoms with Crippen molar-refractivity contribution in [3.63, 3.8) is 0 Å². The second-order valence-electron chi connectivity index (χ2n) is 5.55. The van der Waals surface area contributed by atoms with Crippen LogP contribution in [0.15, 0.2) is 9.52 Å². The smallest absolute Gasteiger partial charge is 0.357 e. The Morgan fingerprint density at radius 2 is 2.26 bits per heavy atom. The van der Waals surface area contributed by atoms with E-state index in [0.29, 0.717) is 50.2 Å². The van der Waals surface area contributed by atoms with Crippen LogP contribution in [-0.2, 0) is 6.42 Å². The van der Waals surface area contributed by atoms with Gasteiger partial charge >= 0.3 is 6.18 Å². The quantitative estimate of drug-likeness (QED) is 0.676. The maximum absolute atomic E-state index is 12.9. The molecule has 0 amide bonds. The summed E-state index contributed by atoms with van der Waals surface area (Å²) in [5.41, 5.74) is 0. The van der Waals surface area contributed by atoms with Crippen molar-refractivity contribution in [3.8, 4) is 0 Å². The number of hydrogen-bond acceptors (Lipinski definition) is 4. The first-order valence-corrected chi connectivity index (χ1v) is 7.79. The third-order valence-electron chi connectivity index (χ3n) is 3.68. The van der Waals surface area contributed by atoms with Gasteiger partial charge in [0.15, 0.2) is 11.8 Å². The van der Waals surface area contributed by atoms with Gasteiger partial charge in [0.1, 0.15) is 0 Å². The summed E-state index contributed by atoms with van der Waals surface area (Å²) in [6.07, 6.45) is -3.00. The highest BCUT2D eigenvalue weighted by Gasteiger charge is 2.42. The monoisotopic (exact) mass is 333 g/mol. The number of aromatic nitrogens is 2. The van der Waals surface area contributed by atoms with E-state index in [4.69, 9.17) is 4.52 Å². The Balaban J connectivity index is 1.97. The second-order valence-corrected chi connectivity index (χ2v) is 5.55. The summed E-state index contributed by atoms with van der Waals surface area (Å²) < 4.78 is 43.8. The molecule has 23 heavy (non-hydrogen) atoms. The van der Waals surface area contributed by atoms with Gasteiger partial charge in [0.05, 0.1) is 12.5 Å². The van der Waals surface area contributed by atoms with E-state index in [9.17, 15) is 13.2 Å². The number of hydrogen-bond donors (Lipinski definition) is 1. The fourth-order valence-corrected chi connectivity index (χ4v) is 2.56. The average molecular weight is 333 g/mol. The number of nitrogens with zero attached hydrogens (tertiary/aromatic N) is 4. The number of likely N-dealkylation sites (tertiary alicyclic amines) is 1. The lowest BCUT2D eigenvalue weighted by Crippen LogP contribution is -2.49. The first-order valence-electron chi connectivity index (χ1n) is 7.79. The number of rotatable bonds is 4. The number of guanidine groups is 1. The fourth-order valence-electron chi connectivity index (χ4n) is 2.56. The Kier molecular flexibility index (Phi) is 5.84. The summed E-state index contributed by atoms with van der Waals surface area (Å²) in [6.45, 7) is 5.14. The van der Waals surface area contributed by atoms with E-state index in [1.807, 2.05) is 6.92 Å². The van der Waals surface area contributed by atoms with E-state index in [0.717, 1.165) is 0 Å². The highest BCUT2D eigenvalue weighted by molar-refractivity contribution is 5.80. The van der Waals surface area contributed by atoms with E-state index in [-0.39, 0.29) is 13.0 Å². The number of nitrogens with one attached hydrogen (secondary N) is 1. The molecule has 2 heterocycles. The zero-order valence-electron chi connectivity index (χ0n) is 13.4. The molecule has 0 aliphatic carbocycles. The molecule has 2 rings (SSSR count). The predicted molar refractivity (Wildman–Crippen MR) is 79.1 cm³/mol. The number of alkyl halides is 3. The molecule has 1 N–H and O–H groups in total. The van der Waals surface area contributed by atoms with Crippen LogP contribution in [-0.4, -0.2) is 53.4 Å². The highest BCUT2D eigenvalue weighted by Crippen LogP contribution is 2.33. The van der Waals surface area contributed by atoms with E-state index >= 15 is 0 Å². The number of piperidine rings is 1. The van der Waals surface area contributed by atoms with Crippen molar-refractivity contribution < 1.29 is 17.7 Å². The SMILES string of the molecule is CCNC(=NCCc1nc(C)no1)N1CCC[C@H](C(F)(F)F)C1. The Bertz CT molecular complexity index is 529. The molecule has 0 bridgehead atoms. The molecule has 1 aromatic heterocycles. The largest absolute Gasteiger partial charge is 0.393 e. The number of aryl methyl sites for hydroxylation is 1. The van der Waals surface area contributed by atoms with Gasteiger partial charge in [0, 0.05) is 26.1 Å². The Morgan fingerprint density at radius 3 is 2.87 bits per heavy atom. The lowest BCUT2D eigenvalue weighted by Gasteiger charge is -2.35. The third-order valence-corrected chi connectivity index (χ3v) is 3.68. The standard InChI is InChI=1S/C14H22F3N5O/c1-3-18-13(19-7-6-12-20-10(2)21-23-12)22-8-4-5-11(9-22)14(15,16)17/h11H,3-9H2,1-2H3,(H,18,19)/t11-/m0/s1. The van der Waals surface area contributed by atoms with Gasteiger partial charge < -0.3 is 14.7 Å². The maximum atomic E-state index is 12.9. The van der Waals surface area contributed by atoms with Crippen LogP contribution >= 0.6 is 0 Å². The molecule has 1 aromatic rings. The number of aliphatic imine (C=N–C) groups is 1. The van der Waals surface area contributed by atoms with Gasteiger partial charge in [-0.1, -0.05) is 5.16 Å². The van der Waals surface area contributed by atoms with Crippen molar-refractivity contribution in [2.45, 2.75) is 39.3 Å². The summed E-state index contributed by atoms with van der Waals surface area (Å²) >= 11 is 0. The Hall–Kier alpha value is -1.80. The average Bonchev–Trinajstić information content (AvgIpc) is 2.91. The van der Waals surface area contributed by atoms with Gasteiger partial charge in [-0.2, -0.15) is 18.2 Å². The minimum absolute atomic E-state index is 0.0466. The summed E-state index contributed by atoms with van der Waals surface area (Å²) in [6, 6.07) is 0. The van der Waals surface area contributed by atoms with Crippen molar-refractivity contribution in [1.82, 2.24) is 20.4 Å². The molecule has 0 aromatic carbocycles. The minimum atomic E-state index is -4.16. The van der Waals surface area contributed by atoms with Crippen LogP contribution < -0.4 is 5.32 Å². The minimum Gasteiger partial charge on any atom is -0.357 e. The van der Waals surface area contributed by atoms with Crippen LogP contribution in [0.2, 0.25) is 0 Å². The summed E-state index contributed by atoms with van der Waals surface area (Å²) in [5.74, 6) is 0.255. The molecular formula is C14H22F3N5O. The van der Waals surface area contributed by atoms with Crippen LogP contribution in [0.4, 0.5) is 13.2 Å². The molecule has 9 heteroatoms. The highest BCUT2D eigenvalue weighted by atomic mass is 19.4. The lowest BCUT2D eigenvalue weighted by molar-refractivity contribution is -0.183. The predicted octanol–water partition coefficient (Wildman–Crippen LogP) is 2.16. The van der Waals surface area contributed by atoms with Gasteiger partial charge in [0.25, 0.3) is 0 Å². The van der Waals surface area contributed by atoms with E-state index in [2.05, 4.69) is 20.4 Å². The molecule has 1 saturated heterocycles.